The molecule has 0 aliphatic carbocycles. The molecular weight excluding hydrogens is 259 g/mol. The van der Waals surface area contributed by atoms with Crippen molar-refractivity contribution in [1.29, 1.82) is 0 Å². The van der Waals surface area contributed by atoms with Gasteiger partial charge in [0, 0.05) is 10.7 Å². The number of carbonyl (C=O) groups excluding carboxylic acids is 1. The molecule has 5 heteroatoms. The van der Waals surface area contributed by atoms with Crippen LogP contribution in [0.5, 0.6) is 0 Å². The largest absolute Gasteiger partial charge is 0.326 e. The summed E-state index contributed by atoms with van der Waals surface area (Å²) in [6.07, 6.45) is 1.96. The molecule has 2 rings (SSSR count). The van der Waals surface area contributed by atoms with Crippen LogP contribution in [0.2, 0.25) is 10.0 Å². The van der Waals surface area contributed by atoms with E-state index in [2.05, 4.69) is 5.32 Å². The SMILES string of the molecule is CC1=CC(C)N(c2ccc(Cl)cc2Cl)C(=O)N1. The van der Waals surface area contributed by atoms with Gasteiger partial charge in [0.2, 0.25) is 0 Å². The standard InChI is InChI=1S/C12H12Cl2N2O/c1-7-5-8(2)16(12(17)15-7)11-4-3-9(13)6-10(11)14/h3-6,8H,1-2H3,(H,15,17). The minimum atomic E-state index is -0.179. The topological polar surface area (TPSA) is 32.3 Å². The van der Waals surface area contributed by atoms with Crippen molar-refractivity contribution in [3.05, 3.63) is 40.0 Å². The zero-order valence-corrected chi connectivity index (χ0v) is 11.0. The van der Waals surface area contributed by atoms with E-state index in [1.807, 2.05) is 19.9 Å². The summed E-state index contributed by atoms with van der Waals surface area (Å²) in [5, 5.41) is 3.77. The lowest BCUT2D eigenvalue weighted by molar-refractivity contribution is 0.246. The third-order valence-electron chi connectivity index (χ3n) is 2.59. The predicted molar refractivity (Wildman–Crippen MR) is 70.7 cm³/mol. The Morgan fingerprint density at radius 2 is 2.06 bits per heavy atom. The van der Waals surface area contributed by atoms with Gasteiger partial charge < -0.3 is 5.32 Å². The highest BCUT2D eigenvalue weighted by atomic mass is 35.5. The molecule has 90 valence electrons. The van der Waals surface area contributed by atoms with Crippen molar-refractivity contribution in [2.24, 2.45) is 0 Å². The van der Waals surface area contributed by atoms with E-state index in [0.717, 1.165) is 5.70 Å². The number of benzene rings is 1. The predicted octanol–water partition coefficient (Wildman–Crippen LogP) is 3.82. The maximum absolute atomic E-state index is 11.9. The van der Waals surface area contributed by atoms with E-state index < -0.39 is 0 Å². The molecule has 0 bridgehead atoms. The van der Waals surface area contributed by atoms with Gasteiger partial charge in [0.25, 0.3) is 0 Å². The van der Waals surface area contributed by atoms with Gasteiger partial charge in [-0.1, -0.05) is 23.2 Å². The second-order valence-corrected chi connectivity index (χ2v) is 4.83. The van der Waals surface area contributed by atoms with Crippen LogP contribution in [0.15, 0.2) is 30.0 Å². The van der Waals surface area contributed by atoms with Crippen LogP contribution in [0.1, 0.15) is 13.8 Å². The number of rotatable bonds is 1. The molecule has 1 N–H and O–H groups in total. The number of allylic oxidation sites excluding steroid dienone is 1. The average Bonchev–Trinajstić information content (AvgIpc) is 2.19. The van der Waals surface area contributed by atoms with Gasteiger partial charge in [-0.25, -0.2) is 4.79 Å². The van der Waals surface area contributed by atoms with E-state index >= 15 is 0 Å². The van der Waals surface area contributed by atoms with E-state index in [-0.39, 0.29) is 12.1 Å². The van der Waals surface area contributed by atoms with Crippen molar-refractivity contribution in [2.45, 2.75) is 19.9 Å². The summed E-state index contributed by atoms with van der Waals surface area (Å²) in [7, 11) is 0. The van der Waals surface area contributed by atoms with Crippen LogP contribution in [0.25, 0.3) is 0 Å². The first kappa shape index (κ1) is 12.3. The Balaban J connectivity index is 2.43. The molecule has 3 nitrogen and oxygen atoms in total. The molecule has 2 amide bonds. The lowest BCUT2D eigenvalue weighted by Gasteiger charge is -2.32. The van der Waals surface area contributed by atoms with Crippen LogP contribution < -0.4 is 10.2 Å². The Hall–Kier alpha value is -1.19. The number of urea groups is 1. The van der Waals surface area contributed by atoms with Crippen LogP contribution in [0.3, 0.4) is 0 Å². The van der Waals surface area contributed by atoms with Crippen molar-refractivity contribution in [3.63, 3.8) is 0 Å². The number of nitrogens with one attached hydrogen (secondary N) is 1. The lowest BCUT2D eigenvalue weighted by Crippen LogP contribution is -2.48. The summed E-state index contributed by atoms with van der Waals surface area (Å²) in [6.45, 7) is 3.79. The molecule has 1 aromatic carbocycles. The lowest BCUT2D eigenvalue weighted by atomic mass is 10.1. The molecule has 0 radical (unpaired) electrons. The number of amides is 2. The molecule has 0 spiro atoms. The first-order valence-corrected chi connectivity index (χ1v) is 5.98. The van der Waals surface area contributed by atoms with Crippen LogP contribution in [0.4, 0.5) is 10.5 Å². The van der Waals surface area contributed by atoms with E-state index in [0.29, 0.717) is 15.7 Å². The molecule has 1 atom stereocenters. The second kappa shape index (κ2) is 4.59. The van der Waals surface area contributed by atoms with Crippen molar-refractivity contribution in [2.75, 3.05) is 4.90 Å². The first-order chi connectivity index (χ1) is 7.99. The zero-order chi connectivity index (χ0) is 12.6. The molecule has 1 aliphatic heterocycles. The third kappa shape index (κ3) is 2.40. The molecule has 1 aliphatic rings. The van der Waals surface area contributed by atoms with Crippen LogP contribution in [-0.4, -0.2) is 12.1 Å². The molecule has 0 saturated carbocycles. The van der Waals surface area contributed by atoms with Crippen LogP contribution in [0, 0.1) is 0 Å². The highest BCUT2D eigenvalue weighted by Gasteiger charge is 2.26. The first-order valence-electron chi connectivity index (χ1n) is 5.22. The smallest absolute Gasteiger partial charge is 0.312 e. The molecule has 1 aromatic rings. The quantitative estimate of drug-likeness (QED) is 0.827. The van der Waals surface area contributed by atoms with Crippen molar-refractivity contribution < 1.29 is 4.79 Å². The number of nitrogens with zero attached hydrogens (tertiary/aromatic N) is 1. The number of halogens is 2. The van der Waals surface area contributed by atoms with E-state index in [4.69, 9.17) is 23.2 Å². The van der Waals surface area contributed by atoms with E-state index in [1.54, 1.807) is 23.1 Å². The summed E-state index contributed by atoms with van der Waals surface area (Å²) in [5.74, 6) is 0. The van der Waals surface area contributed by atoms with Crippen molar-refractivity contribution >= 4 is 34.9 Å². The Morgan fingerprint density at radius 3 is 2.65 bits per heavy atom. The van der Waals surface area contributed by atoms with E-state index in [9.17, 15) is 4.79 Å². The van der Waals surface area contributed by atoms with Gasteiger partial charge in [0.1, 0.15) is 0 Å². The highest BCUT2D eigenvalue weighted by molar-refractivity contribution is 6.36. The zero-order valence-electron chi connectivity index (χ0n) is 9.50. The molecule has 17 heavy (non-hydrogen) atoms. The van der Waals surface area contributed by atoms with Gasteiger partial charge in [-0.05, 0) is 38.1 Å². The third-order valence-corrected chi connectivity index (χ3v) is 3.13. The van der Waals surface area contributed by atoms with Gasteiger partial charge in [-0.3, -0.25) is 4.90 Å². The average molecular weight is 271 g/mol. The summed E-state index contributed by atoms with van der Waals surface area (Å²) < 4.78 is 0. The Bertz CT molecular complexity index is 499. The van der Waals surface area contributed by atoms with Gasteiger partial charge in [-0.2, -0.15) is 0 Å². The number of anilines is 1. The maximum Gasteiger partial charge on any atom is 0.326 e. The number of carbonyl (C=O) groups is 1. The molecule has 1 heterocycles. The van der Waals surface area contributed by atoms with Crippen molar-refractivity contribution in [1.82, 2.24) is 5.32 Å². The maximum atomic E-state index is 11.9. The minimum Gasteiger partial charge on any atom is -0.312 e. The number of hydrogen-bond acceptors (Lipinski definition) is 1. The Morgan fingerprint density at radius 1 is 1.35 bits per heavy atom. The molecular formula is C12H12Cl2N2O. The molecule has 0 aromatic heterocycles. The van der Waals surface area contributed by atoms with Gasteiger partial charge in [0.05, 0.1) is 16.8 Å². The molecule has 0 fully saturated rings. The van der Waals surface area contributed by atoms with Crippen LogP contribution >= 0.6 is 23.2 Å². The summed E-state index contributed by atoms with van der Waals surface area (Å²) in [6, 6.07) is 4.87. The highest BCUT2D eigenvalue weighted by Crippen LogP contribution is 2.31. The summed E-state index contributed by atoms with van der Waals surface area (Å²) in [4.78, 5) is 13.5. The van der Waals surface area contributed by atoms with Crippen molar-refractivity contribution in [3.8, 4) is 0 Å². The van der Waals surface area contributed by atoms with E-state index in [1.165, 1.54) is 0 Å². The Labute approximate surface area is 110 Å². The fourth-order valence-electron chi connectivity index (χ4n) is 1.90. The van der Waals surface area contributed by atoms with Crippen LogP contribution in [-0.2, 0) is 0 Å². The normalized spacial score (nSPS) is 20.0. The Kier molecular flexibility index (Phi) is 3.31. The van der Waals surface area contributed by atoms with Gasteiger partial charge >= 0.3 is 6.03 Å². The second-order valence-electron chi connectivity index (χ2n) is 3.99. The van der Waals surface area contributed by atoms with Gasteiger partial charge in [-0.15, -0.1) is 0 Å². The monoisotopic (exact) mass is 270 g/mol. The fourth-order valence-corrected chi connectivity index (χ4v) is 2.40. The molecule has 1 unspecified atom stereocenters. The van der Waals surface area contributed by atoms with Gasteiger partial charge in [0.15, 0.2) is 0 Å². The number of hydrogen-bond donors (Lipinski definition) is 1. The summed E-state index contributed by atoms with van der Waals surface area (Å²) in [5.41, 5.74) is 1.51. The minimum absolute atomic E-state index is 0.0394. The fraction of sp³-hybridized carbons (Fsp3) is 0.250. The molecule has 0 saturated heterocycles. The summed E-state index contributed by atoms with van der Waals surface area (Å²) >= 11 is 11.9.